The first-order valence-corrected chi connectivity index (χ1v) is 6.37. The van der Waals surface area contributed by atoms with E-state index in [4.69, 9.17) is 4.74 Å². The Morgan fingerprint density at radius 3 is 3.10 bits per heavy atom. The number of hydrogen-bond donors (Lipinski definition) is 2. The topological polar surface area (TPSA) is 114 Å². The van der Waals surface area contributed by atoms with Crippen LogP contribution in [-0.2, 0) is 4.74 Å². The lowest BCUT2D eigenvalue weighted by molar-refractivity contribution is -0.383. The van der Waals surface area contributed by atoms with Crippen molar-refractivity contribution in [1.29, 1.82) is 0 Å². The molecular formula is C11H17N5O4. The van der Waals surface area contributed by atoms with Gasteiger partial charge in [-0.2, -0.15) is 0 Å². The Bertz CT molecular complexity index is 484. The van der Waals surface area contributed by atoms with Crippen molar-refractivity contribution in [1.82, 2.24) is 9.97 Å². The summed E-state index contributed by atoms with van der Waals surface area (Å²) in [5.41, 5.74) is -0.172. The summed E-state index contributed by atoms with van der Waals surface area (Å²) in [6.45, 7) is 3.38. The molecule has 1 saturated heterocycles. The average molecular weight is 283 g/mol. The van der Waals surface area contributed by atoms with Crippen LogP contribution in [0.1, 0.15) is 6.92 Å². The van der Waals surface area contributed by atoms with E-state index < -0.39 is 4.92 Å². The van der Waals surface area contributed by atoms with Crippen LogP contribution in [0.5, 0.6) is 0 Å². The van der Waals surface area contributed by atoms with Crippen molar-refractivity contribution in [3.05, 3.63) is 16.4 Å². The monoisotopic (exact) mass is 283 g/mol. The first-order valence-electron chi connectivity index (χ1n) is 6.37. The number of rotatable bonds is 5. The van der Waals surface area contributed by atoms with Gasteiger partial charge in [0.1, 0.15) is 6.33 Å². The zero-order valence-electron chi connectivity index (χ0n) is 11.2. The summed E-state index contributed by atoms with van der Waals surface area (Å²) < 4.78 is 5.27. The van der Waals surface area contributed by atoms with Crippen LogP contribution in [-0.4, -0.2) is 58.9 Å². The number of ether oxygens (including phenoxy) is 1. The number of morpholine rings is 1. The Morgan fingerprint density at radius 1 is 1.65 bits per heavy atom. The van der Waals surface area contributed by atoms with E-state index in [0.29, 0.717) is 26.3 Å². The molecule has 0 aliphatic carbocycles. The van der Waals surface area contributed by atoms with E-state index >= 15 is 0 Å². The largest absolute Gasteiger partial charge is 0.394 e. The van der Waals surface area contributed by atoms with Crippen LogP contribution in [0.2, 0.25) is 0 Å². The van der Waals surface area contributed by atoms with Crippen molar-refractivity contribution in [3.63, 3.8) is 0 Å². The molecule has 1 aliphatic heterocycles. The third-order valence-corrected chi connectivity index (χ3v) is 3.04. The van der Waals surface area contributed by atoms with E-state index in [-0.39, 0.29) is 30.0 Å². The Hall–Kier alpha value is -2.00. The molecule has 9 heteroatoms. The van der Waals surface area contributed by atoms with Crippen LogP contribution in [0, 0.1) is 10.1 Å². The third-order valence-electron chi connectivity index (χ3n) is 3.04. The van der Waals surface area contributed by atoms with Crippen LogP contribution in [0.15, 0.2) is 6.33 Å². The molecule has 1 aromatic rings. The van der Waals surface area contributed by atoms with Gasteiger partial charge >= 0.3 is 5.69 Å². The molecule has 1 aromatic heterocycles. The molecule has 0 radical (unpaired) electrons. The number of nitrogens with zero attached hydrogens (tertiary/aromatic N) is 4. The van der Waals surface area contributed by atoms with Gasteiger partial charge in [-0.3, -0.25) is 10.1 Å². The van der Waals surface area contributed by atoms with Gasteiger partial charge in [-0.1, -0.05) is 0 Å². The normalized spacial score (nSPS) is 18.9. The van der Waals surface area contributed by atoms with Crippen molar-refractivity contribution in [3.8, 4) is 0 Å². The van der Waals surface area contributed by atoms with E-state index in [2.05, 4.69) is 15.3 Å². The highest BCUT2D eigenvalue weighted by Gasteiger charge is 2.32. The molecule has 1 unspecified atom stereocenters. The molecule has 2 heterocycles. The van der Waals surface area contributed by atoms with Gasteiger partial charge in [0, 0.05) is 13.1 Å². The molecule has 0 bridgehead atoms. The standard InChI is InChI=1S/C11H17N5O4/c1-2-12-10-9(16(18)19)11(14-7-13-10)15-3-4-20-6-8(15)5-17/h7-8,17H,2-6H2,1H3,(H,12,13,14). The number of nitro groups is 1. The summed E-state index contributed by atoms with van der Waals surface area (Å²) in [5, 5.41) is 23.6. The Labute approximate surface area is 115 Å². The lowest BCUT2D eigenvalue weighted by atomic mass is 10.2. The quantitative estimate of drug-likeness (QED) is 0.574. The van der Waals surface area contributed by atoms with Gasteiger partial charge in [-0.15, -0.1) is 0 Å². The highest BCUT2D eigenvalue weighted by molar-refractivity contribution is 5.70. The summed E-state index contributed by atoms with van der Waals surface area (Å²) in [6.07, 6.45) is 1.28. The maximum Gasteiger partial charge on any atom is 0.353 e. The van der Waals surface area contributed by atoms with Crippen molar-refractivity contribution in [2.45, 2.75) is 13.0 Å². The molecule has 2 rings (SSSR count). The summed E-state index contributed by atoms with van der Waals surface area (Å²) >= 11 is 0. The fourth-order valence-electron chi connectivity index (χ4n) is 2.13. The summed E-state index contributed by atoms with van der Waals surface area (Å²) in [5.74, 6) is 0.397. The molecule has 0 amide bonds. The molecule has 2 N–H and O–H groups in total. The van der Waals surface area contributed by atoms with Crippen LogP contribution in [0.25, 0.3) is 0 Å². The Morgan fingerprint density at radius 2 is 2.45 bits per heavy atom. The van der Waals surface area contributed by atoms with Gasteiger partial charge in [0.25, 0.3) is 0 Å². The third kappa shape index (κ3) is 2.78. The Kier molecular flexibility index (Phi) is 4.64. The molecular weight excluding hydrogens is 266 g/mol. The SMILES string of the molecule is CCNc1ncnc(N2CCOCC2CO)c1[N+](=O)[O-]. The second-order valence-electron chi connectivity index (χ2n) is 4.29. The van der Waals surface area contributed by atoms with Crippen LogP contribution in [0.3, 0.4) is 0 Å². The van der Waals surface area contributed by atoms with Gasteiger partial charge in [0.05, 0.1) is 30.8 Å². The van der Waals surface area contributed by atoms with Crippen molar-refractivity contribution in [2.75, 3.05) is 43.1 Å². The zero-order chi connectivity index (χ0) is 14.5. The molecule has 0 aromatic carbocycles. The highest BCUT2D eigenvalue weighted by Crippen LogP contribution is 2.33. The molecule has 1 fully saturated rings. The highest BCUT2D eigenvalue weighted by atomic mass is 16.6. The summed E-state index contributed by atoms with van der Waals surface area (Å²) in [6, 6.07) is -0.341. The molecule has 20 heavy (non-hydrogen) atoms. The number of hydrogen-bond acceptors (Lipinski definition) is 8. The van der Waals surface area contributed by atoms with Crippen LogP contribution in [0.4, 0.5) is 17.3 Å². The lowest BCUT2D eigenvalue weighted by Crippen LogP contribution is -2.48. The molecule has 9 nitrogen and oxygen atoms in total. The number of aromatic nitrogens is 2. The number of aliphatic hydroxyl groups excluding tert-OH is 1. The lowest BCUT2D eigenvalue weighted by Gasteiger charge is -2.34. The second-order valence-corrected chi connectivity index (χ2v) is 4.29. The zero-order valence-corrected chi connectivity index (χ0v) is 11.2. The molecule has 110 valence electrons. The van der Waals surface area contributed by atoms with Crippen LogP contribution < -0.4 is 10.2 Å². The van der Waals surface area contributed by atoms with Gasteiger partial charge in [0.2, 0.25) is 11.6 Å². The van der Waals surface area contributed by atoms with Crippen molar-refractivity contribution in [2.24, 2.45) is 0 Å². The first-order chi connectivity index (χ1) is 9.69. The van der Waals surface area contributed by atoms with Gasteiger partial charge < -0.3 is 20.1 Å². The molecule has 0 saturated carbocycles. The van der Waals surface area contributed by atoms with Gasteiger partial charge in [0.15, 0.2) is 0 Å². The van der Waals surface area contributed by atoms with E-state index in [1.807, 2.05) is 6.92 Å². The minimum atomic E-state index is -0.503. The predicted molar refractivity (Wildman–Crippen MR) is 71.9 cm³/mol. The first kappa shape index (κ1) is 14.4. The summed E-state index contributed by atoms with van der Waals surface area (Å²) in [7, 11) is 0. The molecule has 1 atom stereocenters. The number of nitrogens with one attached hydrogen (secondary N) is 1. The van der Waals surface area contributed by atoms with Gasteiger partial charge in [-0.25, -0.2) is 9.97 Å². The minimum Gasteiger partial charge on any atom is -0.394 e. The number of anilines is 2. The van der Waals surface area contributed by atoms with E-state index in [0.717, 1.165) is 0 Å². The van der Waals surface area contributed by atoms with Crippen molar-refractivity contribution < 1.29 is 14.8 Å². The van der Waals surface area contributed by atoms with E-state index in [9.17, 15) is 15.2 Å². The van der Waals surface area contributed by atoms with Crippen molar-refractivity contribution >= 4 is 17.3 Å². The minimum absolute atomic E-state index is 0.155. The van der Waals surface area contributed by atoms with Crippen LogP contribution >= 0.6 is 0 Å². The van der Waals surface area contributed by atoms with E-state index in [1.165, 1.54) is 6.33 Å². The summed E-state index contributed by atoms with van der Waals surface area (Å²) in [4.78, 5) is 20.5. The fourth-order valence-corrected chi connectivity index (χ4v) is 2.13. The molecule has 0 spiro atoms. The Balaban J connectivity index is 2.43. The number of aliphatic hydroxyl groups is 1. The van der Waals surface area contributed by atoms with Gasteiger partial charge in [-0.05, 0) is 6.92 Å². The average Bonchev–Trinajstić information content (AvgIpc) is 2.47. The molecule has 1 aliphatic rings. The second kappa shape index (κ2) is 6.44. The fraction of sp³-hybridized carbons (Fsp3) is 0.636. The maximum absolute atomic E-state index is 11.3. The van der Waals surface area contributed by atoms with E-state index in [1.54, 1.807) is 4.90 Å². The smallest absolute Gasteiger partial charge is 0.353 e. The predicted octanol–water partition coefficient (Wildman–Crippen LogP) is 0.0141. The maximum atomic E-state index is 11.3.